The van der Waals surface area contributed by atoms with Crippen molar-refractivity contribution in [2.24, 2.45) is 0 Å². The van der Waals surface area contributed by atoms with Crippen LogP contribution in [-0.4, -0.2) is 25.3 Å². The molecule has 128 valence electrons. The Labute approximate surface area is 157 Å². The summed E-state index contributed by atoms with van der Waals surface area (Å²) >= 11 is 2.17. The molecular weight excluding hydrogens is 437 g/mol. The summed E-state index contributed by atoms with van der Waals surface area (Å²) in [6, 6.07) is 12.6. The zero-order valence-electron chi connectivity index (χ0n) is 13.0. The first-order chi connectivity index (χ1) is 12.1. The first-order valence-electron chi connectivity index (χ1n) is 7.40. The van der Waals surface area contributed by atoms with Gasteiger partial charge in [0.15, 0.2) is 18.1 Å². The van der Waals surface area contributed by atoms with Crippen LogP contribution in [0, 0.1) is 3.57 Å². The summed E-state index contributed by atoms with van der Waals surface area (Å²) in [6.45, 7) is -0.156. The number of anilines is 1. The fraction of sp³-hybridized carbons (Fsp3) is 0.111. The molecule has 0 radical (unpaired) electrons. The summed E-state index contributed by atoms with van der Waals surface area (Å²) in [7, 11) is 0. The molecule has 0 saturated heterocycles. The van der Waals surface area contributed by atoms with Crippen molar-refractivity contribution in [2.45, 2.75) is 0 Å². The molecule has 1 heterocycles. The zero-order chi connectivity index (χ0) is 17.6. The summed E-state index contributed by atoms with van der Waals surface area (Å²) in [5.74, 6) is 0.306. The number of esters is 1. The number of benzene rings is 2. The monoisotopic (exact) mass is 451 g/mol. The quantitative estimate of drug-likeness (QED) is 0.430. The largest absolute Gasteiger partial charge is 0.454 e. The van der Waals surface area contributed by atoms with Crippen LogP contribution < -0.4 is 14.8 Å². The summed E-state index contributed by atoms with van der Waals surface area (Å²) in [5.41, 5.74) is 1.42. The van der Waals surface area contributed by atoms with E-state index in [0.717, 1.165) is 9.13 Å². The average molecular weight is 451 g/mol. The molecule has 6 nitrogen and oxygen atoms in total. The van der Waals surface area contributed by atoms with E-state index in [-0.39, 0.29) is 13.4 Å². The number of hydrogen-bond acceptors (Lipinski definition) is 5. The summed E-state index contributed by atoms with van der Waals surface area (Å²) in [6.07, 6.45) is 2.84. The van der Waals surface area contributed by atoms with E-state index in [1.54, 1.807) is 36.4 Å². The maximum atomic E-state index is 11.8. The molecule has 3 rings (SSSR count). The van der Waals surface area contributed by atoms with Crippen molar-refractivity contribution in [3.05, 3.63) is 57.7 Å². The van der Waals surface area contributed by atoms with Gasteiger partial charge in [0.1, 0.15) is 0 Å². The Hall–Kier alpha value is -2.55. The van der Waals surface area contributed by atoms with Crippen LogP contribution in [0.1, 0.15) is 5.56 Å². The summed E-state index contributed by atoms with van der Waals surface area (Å²) < 4.78 is 16.5. The SMILES string of the molecule is O=C(COC(=O)/C=C\c1ccc2c(c1)OCO2)Nc1ccc(I)cc1. The van der Waals surface area contributed by atoms with Gasteiger partial charge in [-0.1, -0.05) is 6.07 Å². The Kier molecular flexibility index (Phi) is 5.54. The minimum Gasteiger partial charge on any atom is -0.454 e. The third-order valence-corrected chi connectivity index (χ3v) is 4.00. The first kappa shape index (κ1) is 17.3. The van der Waals surface area contributed by atoms with Crippen molar-refractivity contribution in [2.75, 3.05) is 18.7 Å². The maximum Gasteiger partial charge on any atom is 0.331 e. The molecule has 2 aromatic carbocycles. The number of halogens is 1. The van der Waals surface area contributed by atoms with Gasteiger partial charge < -0.3 is 19.5 Å². The molecule has 1 aliphatic heterocycles. The summed E-state index contributed by atoms with van der Waals surface area (Å²) in [4.78, 5) is 23.5. The minimum absolute atomic E-state index is 0.195. The third kappa shape index (κ3) is 4.96. The first-order valence-corrected chi connectivity index (χ1v) is 8.48. The molecule has 0 aliphatic carbocycles. The molecule has 0 saturated carbocycles. The summed E-state index contributed by atoms with van der Waals surface area (Å²) in [5, 5.41) is 2.65. The predicted octanol–water partition coefficient (Wildman–Crippen LogP) is 3.22. The Balaban J connectivity index is 1.47. The van der Waals surface area contributed by atoms with Crippen LogP contribution in [0.2, 0.25) is 0 Å². The molecular formula is C18H14INO5. The Bertz CT molecular complexity index is 817. The van der Waals surface area contributed by atoms with Crippen LogP contribution >= 0.6 is 22.6 Å². The fourth-order valence-electron chi connectivity index (χ4n) is 2.10. The van der Waals surface area contributed by atoms with Crippen molar-refractivity contribution in [1.82, 2.24) is 0 Å². The number of hydrogen-bond donors (Lipinski definition) is 1. The lowest BCUT2D eigenvalue weighted by molar-refractivity contribution is -0.142. The van der Waals surface area contributed by atoms with Gasteiger partial charge in [0, 0.05) is 15.3 Å². The van der Waals surface area contributed by atoms with Crippen molar-refractivity contribution in [3.63, 3.8) is 0 Å². The highest BCUT2D eigenvalue weighted by Crippen LogP contribution is 2.32. The molecule has 0 spiro atoms. The van der Waals surface area contributed by atoms with E-state index in [1.165, 1.54) is 6.08 Å². The lowest BCUT2D eigenvalue weighted by Crippen LogP contribution is -2.20. The Morgan fingerprint density at radius 2 is 1.88 bits per heavy atom. The van der Waals surface area contributed by atoms with Crippen LogP contribution in [0.25, 0.3) is 6.08 Å². The number of nitrogens with one attached hydrogen (secondary N) is 1. The number of amides is 1. The van der Waals surface area contributed by atoms with Crippen molar-refractivity contribution in [3.8, 4) is 11.5 Å². The molecule has 0 fully saturated rings. The second-order valence-electron chi connectivity index (χ2n) is 5.11. The van der Waals surface area contributed by atoms with E-state index in [4.69, 9.17) is 14.2 Å². The molecule has 1 N–H and O–H groups in total. The standard InChI is InChI=1S/C18H14INO5/c19-13-3-5-14(6-4-13)20-17(21)10-23-18(22)8-2-12-1-7-15-16(9-12)25-11-24-15/h1-9H,10-11H2,(H,20,21)/b8-2-. The van der Waals surface area contributed by atoms with E-state index in [0.29, 0.717) is 17.2 Å². The van der Waals surface area contributed by atoms with Crippen LogP contribution in [0.4, 0.5) is 5.69 Å². The number of fused-ring (bicyclic) bond motifs is 1. The van der Waals surface area contributed by atoms with Gasteiger partial charge in [-0.05, 0) is 70.6 Å². The van der Waals surface area contributed by atoms with Gasteiger partial charge in [0.05, 0.1) is 0 Å². The zero-order valence-corrected chi connectivity index (χ0v) is 15.2. The Morgan fingerprint density at radius 3 is 2.68 bits per heavy atom. The second kappa shape index (κ2) is 8.02. The van der Waals surface area contributed by atoms with Crippen LogP contribution in [0.15, 0.2) is 48.5 Å². The number of carbonyl (C=O) groups is 2. The van der Waals surface area contributed by atoms with Gasteiger partial charge in [-0.3, -0.25) is 4.79 Å². The lowest BCUT2D eigenvalue weighted by atomic mass is 10.2. The maximum absolute atomic E-state index is 11.8. The number of ether oxygens (including phenoxy) is 3. The van der Waals surface area contributed by atoms with Gasteiger partial charge >= 0.3 is 5.97 Å². The highest BCUT2D eigenvalue weighted by molar-refractivity contribution is 14.1. The van der Waals surface area contributed by atoms with Gasteiger partial charge in [-0.2, -0.15) is 0 Å². The van der Waals surface area contributed by atoms with Crippen molar-refractivity contribution in [1.29, 1.82) is 0 Å². The highest BCUT2D eigenvalue weighted by atomic mass is 127. The predicted molar refractivity (Wildman–Crippen MR) is 100 cm³/mol. The van der Waals surface area contributed by atoms with E-state index in [1.807, 2.05) is 12.1 Å². The topological polar surface area (TPSA) is 73.9 Å². The number of carbonyl (C=O) groups excluding carboxylic acids is 2. The molecule has 0 unspecified atom stereocenters. The molecule has 0 bridgehead atoms. The van der Waals surface area contributed by atoms with Crippen LogP contribution in [-0.2, 0) is 14.3 Å². The van der Waals surface area contributed by atoms with Gasteiger partial charge in [-0.15, -0.1) is 0 Å². The van der Waals surface area contributed by atoms with E-state index < -0.39 is 11.9 Å². The van der Waals surface area contributed by atoms with Crippen molar-refractivity contribution >= 4 is 46.2 Å². The normalized spacial score (nSPS) is 12.2. The average Bonchev–Trinajstić information content (AvgIpc) is 3.08. The van der Waals surface area contributed by atoms with E-state index >= 15 is 0 Å². The molecule has 25 heavy (non-hydrogen) atoms. The van der Waals surface area contributed by atoms with Gasteiger partial charge in [0.2, 0.25) is 6.79 Å². The van der Waals surface area contributed by atoms with Crippen molar-refractivity contribution < 1.29 is 23.8 Å². The third-order valence-electron chi connectivity index (χ3n) is 3.28. The molecule has 2 aromatic rings. The number of rotatable bonds is 5. The molecule has 1 aliphatic rings. The van der Waals surface area contributed by atoms with Crippen LogP contribution in [0.5, 0.6) is 11.5 Å². The molecule has 1 amide bonds. The minimum atomic E-state index is -0.601. The van der Waals surface area contributed by atoms with Gasteiger partial charge in [0.25, 0.3) is 5.91 Å². The molecule has 0 atom stereocenters. The smallest absolute Gasteiger partial charge is 0.331 e. The van der Waals surface area contributed by atoms with E-state index in [9.17, 15) is 9.59 Å². The van der Waals surface area contributed by atoms with Crippen LogP contribution in [0.3, 0.4) is 0 Å². The fourth-order valence-corrected chi connectivity index (χ4v) is 2.46. The van der Waals surface area contributed by atoms with Gasteiger partial charge in [-0.25, -0.2) is 4.79 Å². The Morgan fingerprint density at radius 1 is 1.12 bits per heavy atom. The van der Waals surface area contributed by atoms with E-state index in [2.05, 4.69) is 27.9 Å². The molecule has 0 aromatic heterocycles. The lowest BCUT2D eigenvalue weighted by Gasteiger charge is -2.05. The molecule has 7 heteroatoms. The second-order valence-corrected chi connectivity index (χ2v) is 6.35. The highest BCUT2D eigenvalue weighted by Gasteiger charge is 2.12.